The van der Waals surface area contributed by atoms with Crippen LogP contribution < -0.4 is 27.0 Å². The molecule has 0 fully saturated rings. The SMILES string of the molecule is CC1(C)C2=CC(C=Cc3ccc4c(c3)C(C)(C)c3cc(P(C5=CCCC=C5)c5ccccc5)ccc3-4)=CCC2c2ccc(B(c3ccccc3)c3ccccc3)cc21. The van der Waals surface area contributed by atoms with Crippen LogP contribution in [-0.4, -0.2) is 6.71 Å². The Kier molecular flexibility index (Phi) is 9.34. The molecule has 6 aromatic carbocycles. The highest BCUT2D eigenvalue weighted by Crippen LogP contribution is 2.54. The minimum atomic E-state index is -0.612. The molecule has 0 bridgehead atoms. The largest absolute Gasteiger partial charge is 0.241 e. The van der Waals surface area contributed by atoms with Gasteiger partial charge in [-0.25, -0.2) is 0 Å². The number of allylic oxidation sites excluding steroid dienone is 9. The van der Waals surface area contributed by atoms with Gasteiger partial charge in [0.05, 0.1) is 0 Å². The highest BCUT2D eigenvalue weighted by atomic mass is 31.1. The summed E-state index contributed by atoms with van der Waals surface area (Å²) < 4.78 is 0. The first-order chi connectivity index (χ1) is 28.3. The predicted molar refractivity (Wildman–Crippen MR) is 253 cm³/mol. The highest BCUT2D eigenvalue weighted by Gasteiger charge is 2.43. The summed E-state index contributed by atoms with van der Waals surface area (Å²) in [5.41, 5.74) is 16.6. The van der Waals surface area contributed by atoms with Crippen LogP contribution in [0, 0.1) is 0 Å². The lowest BCUT2D eigenvalue weighted by Crippen LogP contribution is -2.52. The summed E-state index contributed by atoms with van der Waals surface area (Å²) in [7, 11) is -0.612. The molecule has 6 aromatic rings. The molecule has 0 N–H and O–H groups in total. The third kappa shape index (κ3) is 6.36. The van der Waals surface area contributed by atoms with Crippen LogP contribution in [-0.2, 0) is 10.8 Å². The zero-order valence-corrected chi connectivity index (χ0v) is 35.0. The van der Waals surface area contributed by atoms with E-state index in [1.807, 2.05) is 0 Å². The first kappa shape index (κ1) is 36.8. The van der Waals surface area contributed by atoms with E-state index in [0.717, 1.165) is 19.3 Å². The van der Waals surface area contributed by atoms with Crippen molar-refractivity contribution in [2.45, 2.75) is 63.7 Å². The first-order valence-electron chi connectivity index (χ1n) is 21.1. The first-order valence-corrected chi connectivity index (χ1v) is 22.5. The molecular formula is C56H50BP. The highest BCUT2D eigenvalue weighted by molar-refractivity contribution is 7.77. The van der Waals surface area contributed by atoms with Crippen molar-refractivity contribution < 1.29 is 0 Å². The van der Waals surface area contributed by atoms with Crippen LogP contribution in [0.25, 0.3) is 17.2 Å². The molecule has 0 radical (unpaired) electrons. The second-order valence-electron chi connectivity index (χ2n) is 17.6. The molecule has 0 aliphatic heterocycles. The Balaban J connectivity index is 0.923. The van der Waals surface area contributed by atoms with Crippen LogP contribution in [0.4, 0.5) is 0 Å². The predicted octanol–water partition coefficient (Wildman–Crippen LogP) is 11.5. The molecule has 0 saturated carbocycles. The van der Waals surface area contributed by atoms with E-state index in [4.69, 9.17) is 0 Å². The summed E-state index contributed by atoms with van der Waals surface area (Å²) in [5, 5.41) is 4.33. The van der Waals surface area contributed by atoms with Crippen molar-refractivity contribution in [3.63, 3.8) is 0 Å². The summed E-state index contributed by atoms with van der Waals surface area (Å²) in [6.07, 6.45) is 20.1. The minimum Gasteiger partial charge on any atom is -0.0836 e. The zero-order valence-electron chi connectivity index (χ0n) is 34.1. The van der Waals surface area contributed by atoms with Crippen LogP contribution in [0.15, 0.2) is 199 Å². The Morgan fingerprint density at radius 2 is 1.24 bits per heavy atom. The van der Waals surface area contributed by atoms with E-state index in [1.165, 1.54) is 82.4 Å². The van der Waals surface area contributed by atoms with E-state index >= 15 is 0 Å². The number of rotatable bonds is 8. The number of fused-ring (bicyclic) bond motifs is 6. The van der Waals surface area contributed by atoms with Crippen molar-refractivity contribution in [3.05, 3.63) is 226 Å². The summed E-state index contributed by atoms with van der Waals surface area (Å²) in [5.74, 6) is 0.431. The van der Waals surface area contributed by atoms with Gasteiger partial charge in [-0.15, -0.1) is 0 Å². The maximum Gasteiger partial charge on any atom is 0.241 e. The lowest BCUT2D eigenvalue weighted by atomic mass is 9.36. The van der Waals surface area contributed by atoms with Crippen molar-refractivity contribution in [2.24, 2.45) is 0 Å². The molecule has 2 unspecified atom stereocenters. The maximum absolute atomic E-state index is 2.54. The summed E-state index contributed by atoms with van der Waals surface area (Å²) in [6, 6.07) is 54.9. The van der Waals surface area contributed by atoms with Crippen molar-refractivity contribution in [1.82, 2.24) is 0 Å². The Labute approximate surface area is 347 Å². The number of hydrogen-bond acceptors (Lipinski definition) is 0. The Bertz CT molecular complexity index is 2650. The van der Waals surface area contributed by atoms with Gasteiger partial charge in [-0.05, 0) is 93.7 Å². The summed E-state index contributed by atoms with van der Waals surface area (Å²) in [6.45, 7) is 9.91. The van der Waals surface area contributed by atoms with Crippen LogP contribution in [0.1, 0.15) is 80.7 Å². The van der Waals surface area contributed by atoms with Gasteiger partial charge in [-0.3, -0.25) is 0 Å². The van der Waals surface area contributed by atoms with Gasteiger partial charge in [0.1, 0.15) is 0 Å². The normalized spacial score (nSPS) is 18.7. The van der Waals surface area contributed by atoms with Gasteiger partial charge in [-0.2, -0.15) is 0 Å². The van der Waals surface area contributed by atoms with Gasteiger partial charge in [-0.1, -0.05) is 232 Å². The standard InChI is InChI=1S/C56H50BP/c1-55(2)51-35-39(27-31-47(51)49-33-29-43(37-53(49)55)57(41-17-9-5-10-18-41)42-19-11-6-12-20-42)25-26-40-28-32-48-50-34-30-46(38-54(50)56(3,4)52(48)36-40)58(44-21-13-7-14-22-44)45-23-15-8-16-24-45/h5-7,9-15,17-30,32-38,47H,8,16,31H2,1-4H3. The van der Waals surface area contributed by atoms with Crippen molar-refractivity contribution in [2.75, 3.05) is 0 Å². The molecule has 0 nitrogen and oxygen atoms in total. The summed E-state index contributed by atoms with van der Waals surface area (Å²) >= 11 is 0. The lowest BCUT2D eigenvalue weighted by molar-refractivity contribution is 0.611. The molecule has 0 aromatic heterocycles. The molecule has 282 valence electrons. The van der Waals surface area contributed by atoms with Crippen molar-refractivity contribution in [3.8, 4) is 11.1 Å². The van der Waals surface area contributed by atoms with Crippen LogP contribution in [0.5, 0.6) is 0 Å². The average Bonchev–Trinajstić information content (AvgIpc) is 3.63. The van der Waals surface area contributed by atoms with E-state index in [9.17, 15) is 0 Å². The van der Waals surface area contributed by atoms with E-state index in [1.54, 1.807) is 0 Å². The third-order valence-corrected chi connectivity index (χ3v) is 15.8. The van der Waals surface area contributed by atoms with Crippen LogP contribution in [0.3, 0.4) is 0 Å². The molecule has 0 saturated heterocycles. The fourth-order valence-corrected chi connectivity index (χ4v) is 12.7. The van der Waals surface area contributed by atoms with Gasteiger partial charge in [0, 0.05) is 16.7 Å². The fourth-order valence-electron chi connectivity index (χ4n) is 10.3. The fraction of sp³-hybridized carbons (Fsp3) is 0.179. The quantitative estimate of drug-likeness (QED) is 0.107. The average molecular weight is 765 g/mol. The molecule has 2 atom stereocenters. The molecule has 0 spiro atoms. The van der Waals surface area contributed by atoms with E-state index in [2.05, 4.69) is 216 Å². The van der Waals surface area contributed by atoms with Gasteiger partial charge in [0.25, 0.3) is 0 Å². The van der Waals surface area contributed by atoms with Crippen molar-refractivity contribution >= 4 is 47.7 Å². The van der Waals surface area contributed by atoms with Gasteiger partial charge < -0.3 is 0 Å². The van der Waals surface area contributed by atoms with Gasteiger partial charge in [0.15, 0.2) is 0 Å². The lowest BCUT2D eigenvalue weighted by Gasteiger charge is -2.27. The molecule has 0 heterocycles. The van der Waals surface area contributed by atoms with Crippen molar-refractivity contribution in [1.29, 1.82) is 0 Å². The number of benzene rings is 6. The van der Waals surface area contributed by atoms with Crippen LogP contribution >= 0.6 is 7.92 Å². The topological polar surface area (TPSA) is 0 Å². The molecule has 4 aliphatic carbocycles. The van der Waals surface area contributed by atoms with Crippen LogP contribution in [0.2, 0.25) is 0 Å². The molecule has 10 rings (SSSR count). The molecule has 2 heteroatoms. The molecule has 0 amide bonds. The zero-order chi connectivity index (χ0) is 39.4. The molecule has 4 aliphatic rings. The van der Waals surface area contributed by atoms with E-state index < -0.39 is 7.92 Å². The van der Waals surface area contributed by atoms with Gasteiger partial charge >= 0.3 is 0 Å². The Morgan fingerprint density at radius 1 is 0.569 bits per heavy atom. The van der Waals surface area contributed by atoms with E-state index in [-0.39, 0.29) is 17.5 Å². The minimum absolute atomic E-state index is 0.0474. The number of hydrogen-bond donors (Lipinski definition) is 0. The Hall–Kier alpha value is -5.49. The third-order valence-electron chi connectivity index (χ3n) is 13.4. The second-order valence-corrected chi connectivity index (χ2v) is 19.8. The smallest absolute Gasteiger partial charge is 0.0836 e. The maximum atomic E-state index is 2.54. The summed E-state index contributed by atoms with van der Waals surface area (Å²) in [4.78, 5) is 0. The van der Waals surface area contributed by atoms with Gasteiger partial charge in [0.2, 0.25) is 6.71 Å². The molecule has 58 heavy (non-hydrogen) atoms. The Morgan fingerprint density at radius 3 is 1.93 bits per heavy atom. The van der Waals surface area contributed by atoms with E-state index in [0.29, 0.717) is 5.92 Å². The molecular weight excluding hydrogens is 714 g/mol. The second kappa shape index (κ2) is 14.7. The monoisotopic (exact) mass is 764 g/mol.